The first kappa shape index (κ1) is 14.2. The molecule has 6 nitrogen and oxygen atoms in total. The summed E-state index contributed by atoms with van der Waals surface area (Å²) in [5.41, 5.74) is 1.78. The number of fused-ring (bicyclic) bond motifs is 1. The highest BCUT2D eigenvalue weighted by molar-refractivity contribution is 7.99. The van der Waals surface area contributed by atoms with Crippen LogP contribution in [-0.4, -0.2) is 59.9 Å². The SMILES string of the molecule is COc1ccc2nc(SCC(=O)N3CCOCC3)[nH]c2c1. The van der Waals surface area contributed by atoms with E-state index in [-0.39, 0.29) is 5.91 Å². The third-order valence-electron chi connectivity index (χ3n) is 3.36. The molecule has 2 aromatic rings. The summed E-state index contributed by atoms with van der Waals surface area (Å²) >= 11 is 1.42. The minimum Gasteiger partial charge on any atom is -0.497 e. The number of benzene rings is 1. The zero-order valence-electron chi connectivity index (χ0n) is 11.8. The number of morpholine rings is 1. The predicted molar refractivity (Wildman–Crippen MR) is 80.8 cm³/mol. The second kappa shape index (κ2) is 6.36. The molecule has 1 aliphatic heterocycles. The minimum absolute atomic E-state index is 0.126. The van der Waals surface area contributed by atoms with Crippen molar-refractivity contribution in [3.63, 3.8) is 0 Å². The number of ether oxygens (including phenoxy) is 2. The number of aromatic amines is 1. The van der Waals surface area contributed by atoms with Crippen LogP contribution in [0.4, 0.5) is 0 Å². The van der Waals surface area contributed by atoms with Gasteiger partial charge < -0.3 is 19.4 Å². The monoisotopic (exact) mass is 307 g/mol. The number of carbonyl (C=O) groups excluding carboxylic acids is 1. The first-order valence-corrected chi connectivity index (χ1v) is 7.77. The number of carbonyl (C=O) groups is 1. The molecule has 0 unspecified atom stereocenters. The lowest BCUT2D eigenvalue weighted by atomic mass is 10.3. The maximum Gasteiger partial charge on any atom is 0.233 e. The molecule has 21 heavy (non-hydrogen) atoms. The van der Waals surface area contributed by atoms with E-state index in [1.807, 2.05) is 23.1 Å². The number of amides is 1. The summed E-state index contributed by atoms with van der Waals surface area (Å²) in [6, 6.07) is 5.67. The van der Waals surface area contributed by atoms with Gasteiger partial charge in [-0.3, -0.25) is 4.79 Å². The summed E-state index contributed by atoms with van der Waals surface area (Å²) in [6.07, 6.45) is 0. The fourth-order valence-electron chi connectivity index (χ4n) is 2.19. The molecular weight excluding hydrogens is 290 g/mol. The molecule has 0 saturated carbocycles. The molecule has 2 heterocycles. The number of H-pyrrole nitrogens is 1. The van der Waals surface area contributed by atoms with Crippen LogP contribution in [0.1, 0.15) is 0 Å². The van der Waals surface area contributed by atoms with Gasteiger partial charge in [-0.1, -0.05) is 11.8 Å². The second-order valence-corrected chi connectivity index (χ2v) is 5.67. The van der Waals surface area contributed by atoms with Crippen LogP contribution in [0.2, 0.25) is 0 Å². The van der Waals surface area contributed by atoms with Gasteiger partial charge in [0.2, 0.25) is 5.91 Å². The average Bonchev–Trinajstić information content (AvgIpc) is 2.95. The number of thioether (sulfide) groups is 1. The average molecular weight is 307 g/mol. The van der Waals surface area contributed by atoms with Crippen molar-refractivity contribution in [2.75, 3.05) is 39.2 Å². The molecule has 3 rings (SSSR count). The Hall–Kier alpha value is -1.73. The maximum absolute atomic E-state index is 12.1. The molecule has 0 aliphatic carbocycles. The van der Waals surface area contributed by atoms with Crippen molar-refractivity contribution in [1.29, 1.82) is 0 Å². The van der Waals surface area contributed by atoms with Crippen molar-refractivity contribution < 1.29 is 14.3 Å². The van der Waals surface area contributed by atoms with E-state index in [1.54, 1.807) is 7.11 Å². The third-order valence-corrected chi connectivity index (χ3v) is 4.22. The molecule has 0 atom stereocenters. The van der Waals surface area contributed by atoms with Gasteiger partial charge in [0.15, 0.2) is 5.16 Å². The quantitative estimate of drug-likeness (QED) is 0.868. The van der Waals surface area contributed by atoms with Crippen molar-refractivity contribution in [2.45, 2.75) is 5.16 Å². The van der Waals surface area contributed by atoms with Crippen LogP contribution in [0, 0.1) is 0 Å². The fraction of sp³-hybridized carbons (Fsp3) is 0.429. The second-order valence-electron chi connectivity index (χ2n) is 4.71. The largest absolute Gasteiger partial charge is 0.497 e. The molecule has 1 N–H and O–H groups in total. The van der Waals surface area contributed by atoms with Crippen molar-refractivity contribution >= 4 is 28.7 Å². The van der Waals surface area contributed by atoms with E-state index in [0.29, 0.717) is 32.1 Å². The van der Waals surface area contributed by atoms with E-state index in [0.717, 1.165) is 21.9 Å². The summed E-state index contributed by atoms with van der Waals surface area (Å²) in [4.78, 5) is 21.6. The number of aromatic nitrogens is 2. The summed E-state index contributed by atoms with van der Waals surface area (Å²) in [5, 5.41) is 0.750. The molecule has 0 spiro atoms. The van der Waals surface area contributed by atoms with Gasteiger partial charge in [-0.15, -0.1) is 0 Å². The number of nitrogens with zero attached hydrogens (tertiary/aromatic N) is 2. The number of methoxy groups -OCH3 is 1. The molecule has 112 valence electrons. The van der Waals surface area contributed by atoms with E-state index in [2.05, 4.69) is 9.97 Å². The molecule has 1 saturated heterocycles. The number of imidazole rings is 1. The van der Waals surface area contributed by atoms with Gasteiger partial charge >= 0.3 is 0 Å². The van der Waals surface area contributed by atoms with Crippen LogP contribution < -0.4 is 4.74 Å². The number of nitrogens with one attached hydrogen (secondary N) is 1. The van der Waals surface area contributed by atoms with Crippen LogP contribution in [0.25, 0.3) is 11.0 Å². The molecular formula is C14H17N3O3S. The first-order chi connectivity index (χ1) is 10.3. The van der Waals surface area contributed by atoms with Crippen LogP contribution >= 0.6 is 11.8 Å². The summed E-state index contributed by atoms with van der Waals surface area (Å²) in [5.74, 6) is 1.30. The Bertz CT molecular complexity index is 637. The molecule has 1 amide bonds. The molecule has 1 aromatic heterocycles. The molecule has 7 heteroatoms. The van der Waals surface area contributed by atoms with Crippen molar-refractivity contribution in [3.8, 4) is 5.75 Å². The molecule has 1 aromatic carbocycles. The van der Waals surface area contributed by atoms with Gasteiger partial charge in [0.25, 0.3) is 0 Å². The standard InChI is InChI=1S/C14H17N3O3S/c1-19-10-2-3-11-12(8-10)16-14(15-11)21-9-13(18)17-4-6-20-7-5-17/h2-3,8H,4-7,9H2,1H3,(H,15,16). The number of rotatable bonds is 4. The zero-order chi connectivity index (χ0) is 14.7. The molecule has 1 fully saturated rings. The lowest BCUT2D eigenvalue weighted by Gasteiger charge is -2.26. The highest BCUT2D eigenvalue weighted by atomic mass is 32.2. The molecule has 1 aliphatic rings. The lowest BCUT2D eigenvalue weighted by Crippen LogP contribution is -2.41. The van der Waals surface area contributed by atoms with Crippen LogP contribution in [0.5, 0.6) is 5.75 Å². The Balaban J connectivity index is 1.63. The topological polar surface area (TPSA) is 67.4 Å². The highest BCUT2D eigenvalue weighted by Gasteiger charge is 2.17. The van der Waals surface area contributed by atoms with Gasteiger partial charge in [-0.25, -0.2) is 4.98 Å². The summed E-state index contributed by atoms with van der Waals surface area (Å²) in [7, 11) is 1.63. The third kappa shape index (κ3) is 3.30. The maximum atomic E-state index is 12.1. The van der Waals surface area contributed by atoms with Gasteiger partial charge in [0.1, 0.15) is 5.75 Å². The van der Waals surface area contributed by atoms with Gasteiger partial charge in [-0.05, 0) is 12.1 Å². The lowest BCUT2D eigenvalue weighted by molar-refractivity contribution is -0.132. The van der Waals surface area contributed by atoms with E-state index in [9.17, 15) is 4.79 Å². The van der Waals surface area contributed by atoms with E-state index < -0.39 is 0 Å². The highest BCUT2D eigenvalue weighted by Crippen LogP contribution is 2.23. The van der Waals surface area contributed by atoms with E-state index in [1.165, 1.54) is 11.8 Å². The Morgan fingerprint density at radius 2 is 2.29 bits per heavy atom. The number of hydrogen-bond acceptors (Lipinski definition) is 5. The molecule has 0 radical (unpaired) electrons. The van der Waals surface area contributed by atoms with Gasteiger partial charge in [0, 0.05) is 19.2 Å². The minimum atomic E-state index is 0.126. The van der Waals surface area contributed by atoms with Gasteiger partial charge in [-0.2, -0.15) is 0 Å². The van der Waals surface area contributed by atoms with Crippen LogP contribution in [-0.2, 0) is 9.53 Å². The van der Waals surface area contributed by atoms with Crippen LogP contribution in [0.15, 0.2) is 23.4 Å². The van der Waals surface area contributed by atoms with Crippen molar-refractivity contribution in [1.82, 2.24) is 14.9 Å². The summed E-state index contributed by atoms with van der Waals surface area (Å²) < 4.78 is 10.4. The van der Waals surface area contributed by atoms with E-state index in [4.69, 9.17) is 9.47 Å². The first-order valence-electron chi connectivity index (χ1n) is 6.78. The Morgan fingerprint density at radius 3 is 3.05 bits per heavy atom. The predicted octanol–water partition coefficient (Wildman–Crippen LogP) is 1.52. The Labute approximate surface area is 126 Å². The smallest absolute Gasteiger partial charge is 0.233 e. The summed E-state index contributed by atoms with van der Waals surface area (Å²) in [6.45, 7) is 2.61. The zero-order valence-corrected chi connectivity index (χ0v) is 12.6. The van der Waals surface area contributed by atoms with Crippen molar-refractivity contribution in [3.05, 3.63) is 18.2 Å². The fourth-order valence-corrected chi connectivity index (χ4v) is 2.98. The molecule has 0 bridgehead atoms. The Morgan fingerprint density at radius 1 is 1.48 bits per heavy atom. The number of hydrogen-bond donors (Lipinski definition) is 1. The van der Waals surface area contributed by atoms with Gasteiger partial charge in [0.05, 0.1) is 37.1 Å². The normalized spacial score (nSPS) is 15.4. The van der Waals surface area contributed by atoms with Crippen molar-refractivity contribution in [2.24, 2.45) is 0 Å². The van der Waals surface area contributed by atoms with Crippen LogP contribution in [0.3, 0.4) is 0 Å². The van der Waals surface area contributed by atoms with E-state index >= 15 is 0 Å². The Kier molecular flexibility index (Phi) is 4.31.